The highest BCUT2D eigenvalue weighted by Gasteiger charge is 2.42. The standard InChI is InChI=1S/C13H24F3NO/c1-3-8-17-12(9-18-2)10-4-6-11(7-5-10)13(14,15)16/h10-12,17H,3-9H2,1-2H3. The first-order valence-electron chi connectivity index (χ1n) is 6.78. The van der Waals surface area contributed by atoms with Crippen molar-refractivity contribution in [2.45, 2.75) is 51.2 Å². The van der Waals surface area contributed by atoms with Crippen molar-refractivity contribution in [3.63, 3.8) is 0 Å². The maximum atomic E-state index is 12.6. The molecule has 2 nitrogen and oxygen atoms in total. The molecule has 0 aliphatic heterocycles. The smallest absolute Gasteiger partial charge is 0.383 e. The van der Waals surface area contributed by atoms with Gasteiger partial charge < -0.3 is 10.1 Å². The second kappa shape index (κ2) is 7.34. The van der Waals surface area contributed by atoms with Gasteiger partial charge in [-0.15, -0.1) is 0 Å². The van der Waals surface area contributed by atoms with Crippen molar-refractivity contribution in [1.82, 2.24) is 5.32 Å². The summed E-state index contributed by atoms with van der Waals surface area (Å²) in [5.74, 6) is -0.779. The summed E-state index contributed by atoms with van der Waals surface area (Å²) < 4.78 is 42.9. The molecule has 1 unspecified atom stereocenters. The molecule has 1 rings (SSSR count). The molecular formula is C13H24F3NO. The van der Waals surface area contributed by atoms with E-state index in [-0.39, 0.29) is 18.9 Å². The number of ether oxygens (including phenoxy) is 1. The van der Waals surface area contributed by atoms with Gasteiger partial charge >= 0.3 is 6.18 Å². The van der Waals surface area contributed by atoms with E-state index in [4.69, 9.17) is 4.74 Å². The van der Waals surface area contributed by atoms with Crippen LogP contribution in [0.15, 0.2) is 0 Å². The molecule has 0 amide bonds. The van der Waals surface area contributed by atoms with E-state index in [0.717, 1.165) is 13.0 Å². The van der Waals surface area contributed by atoms with Crippen molar-refractivity contribution in [3.05, 3.63) is 0 Å². The molecule has 1 N–H and O–H groups in total. The number of alkyl halides is 3. The third-order valence-corrected chi connectivity index (χ3v) is 3.81. The average molecular weight is 267 g/mol. The topological polar surface area (TPSA) is 21.3 Å². The van der Waals surface area contributed by atoms with Crippen LogP contribution >= 0.6 is 0 Å². The number of hydrogen-bond acceptors (Lipinski definition) is 2. The number of rotatable bonds is 6. The Balaban J connectivity index is 2.43. The van der Waals surface area contributed by atoms with Gasteiger partial charge in [-0.1, -0.05) is 6.92 Å². The van der Waals surface area contributed by atoms with Crippen molar-refractivity contribution in [1.29, 1.82) is 0 Å². The lowest BCUT2D eigenvalue weighted by Crippen LogP contribution is -2.42. The van der Waals surface area contributed by atoms with Crippen molar-refractivity contribution < 1.29 is 17.9 Å². The summed E-state index contributed by atoms with van der Waals surface area (Å²) in [5.41, 5.74) is 0. The lowest BCUT2D eigenvalue weighted by molar-refractivity contribution is -0.184. The normalized spacial score (nSPS) is 27.2. The van der Waals surface area contributed by atoms with E-state index < -0.39 is 12.1 Å². The Morgan fingerprint density at radius 1 is 1.22 bits per heavy atom. The lowest BCUT2D eigenvalue weighted by Gasteiger charge is -2.34. The zero-order valence-corrected chi connectivity index (χ0v) is 11.2. The number of halogens is 3. The summed E-state index contributed by atoms with van der Waals surface area (Å²) in [7, 11) is 1.64. The Morgan fingerprint density at radius 2 is 1.83 bits per heavy atom. The SMILES string of the molecule is CCCNC(COC)C1CCC(C(F)(F)F)CC1. The molecule has 0 bridgehead atoms. The summed E-state index contributed by atoms with van der Waals surface area (Å²) in [6, 6.07) is 0.198. The van der Waals surface area contributed by atoms with E-state index in [0.29, 0.717) is 25.4 Å². The zero-order valence-electron chi connectivity index (χ0n) is 11.2. The first-order valence-corrected chi connectivity index (χ1v) is 6.78. The Labute approximate surface area is 107 Å². The fourth-order valence-electron chi connectivity index (χ4n) is 2.72. The molecule has 0 saturated heterocycles. The molecule has 0 heterocycles. The van der Waals surface area contributed by atoms with E-state index in [9.17, 15) is 13.2 Å². The van der Waals surface area contributed by atoms with Crippen LogP contribution in [0.1, 0.15) is 39.0 Å². The molecular weight excluding hydrogens is 243 g/mol. The minimum absolute atomic E-state index is 0.198. The van der Waals surface area contributed by atoms with Gasteiger partial charge in [0.05, 0.1) is 12.5 Å². The van der Waals surface area contributed by atoms with Gasteiger partial charge in [0.1, 0.15) is 0 Å². The third kappa shape index (κ3) is 4.76. The molecule has 0 aromatic carbocycles. The van der Waals surface area contributed by atoms with E-state index in [1.54, 1.807) is 7.11 Å². The van der Waals surface area contributed by atoms with Crippen molar-refractivity contribution >= 4 is 0 Å². The molecule has 0 aromatic rings. The van der Waals surface area contributed by atoms with E-state index >= 15 is 0 Å². The van der Waals surface area contributed by atoms with Crippen molar-refractivity contribution in [2.24, 2.45) is 11.8 Å². The predicted molar refractivity (Wildman–Crippen MR) is 65.5 cm³/mol. The quantitative estimate of drug-likeness (QED) is 0.796. The summed E-state index contributed by atoms with van der Waals surface area (Å²) in [5, 5.41) is 3.39. The molecule has 0 aromatic heterocycles. The van der Waals surface area contributed by atoms with E-state index in [1.807, 2.05) is 0 Å². The van der Waals surface area contributed by atoms with Gasteiger partial charge in [-0.3, -0.25) is 0 Å². The lowest BCUT2D eigenvalue weighted by atomic mass is 9.78. The maximum absolute atomic E-state index is 12.6. The second-order valence-electron chi connectivity index (χ2n) is 5.17. The number of hydrogen-bond donors (Lipinski definition) is 1. The minimum Gasteiger partial charge on any atom is -0.383 e. The Hall–Kier alpha value is -0.290. The maximum Gasteiger partial charge on any atom is 0.391 e. The minimum atomic E-state index is -4.02. The largest absolute Gasteiger partial charge is 0.391 e. The van der Waals surface area contributed by atoms with Crippen LogP contribution in [0.4, 0.5) is 13.2 Å². The molecule has 18 heavy (non-hydrogen) atoms. The highest BCUT2D eigenvalue weighted by atomic mass is 19.4. The predicted octanol–water partition coefficient (Wildman–Crippen LogP) is 3.37. The van der Waals surface area contributed by atoms with Crippen LogP contribution in [0.3, 0.4) is 0 Å². The first kappa shape index (κ1) is 15.8. The fraction of sp³-hybridized carbons (Fsp3) is 1.00. The fourth-order valence-corrected chi connectivity index (χ4v) is 2.72. The van der Waals surface area contributed by atoms with Crippen molar-refractivity contribution in [2.75, 3.05) is 20.3 Å². The summed E-state index contributed by atoms with van der Waals surface area (Å²) in [4.78, 5) is 0. The molecule has 1 aliphatic carbocycles. The van der Waals surface area contributed by atoms with Crippen LogP contribution in [-0.2, 0) is 4.74 Å². The molecule has 1 fully saturated rings. The summed E-state index contributed by atoms with van der Waals surface area (Å²) in [6.07, 6.45) is -1.16. The van der Waals surface area contributed by atoms with Crippen LogP contribution in [0, 0.1) is 11.8 Å². The van der Waals surface area contributed by atoms with Gasteiger partial charge in [0.15, 0.2) is 0 Å². The van der Waals surface area contributed by atoms with Crippen LogP contribution in [0.25, 0.3) is 0 Å². The third-order valence-electron chi connectivity index (χ3n) is 3.81. The molecule has 1 saturated carbocycles. The summed E-state index contributed by atoms with van der Waals surface area (Å²) >= 11 is 0. The second-order valence-corrected chi connectivity index (χ2v) is 5.17. The average Bonchev–Trinajstić information content (AvgIpc) is 2.33. The van der Waals surface area contributed by atoms with Crippen LogP contribution in [-0.4, -0.2) is 32.5 Å². The molecule has 0 spiro atoms. The first-order chi connectivity index (χ1) is 8.49. The molecule has 108 valence electrons. The monoisotopic (exact) mass is 267 g/mol. The molecule has 0 radical (unpaired) electrons. The van der Waals surface area contributed by atoms with Gasteiger partial charge in [0, 0.05) is 13.2 Å². The Bertz CT molecular complexity index is 225. The summed E-state index contributed by atoms with van der Waals surface area (Å²) in [6.45, 7) is 3.56. The van der Waals surface area contributed by atoms with Gasteiger partial charge in [0.2, 0.25) is 0 Å². The Morgan fingerprint density at radius 3 is 2.28 bits per heavy atom. The van der Waals surface area contributed by atoms with Gasteiger partial charge in [-0.2, -0.15) is 13.2 Å². The highest BCUT2D eigenvalue weighted by molar-refractivity contribution is 4.84. The van der Waals surface area contributed by atoms with Crippen LogP contribution < -0.4 is 5.32 Å². The highest BCUT2D eigenvalue weighted by Crippen LogP contribution is 2.40. The van der Waals surface area contributed by atoms with Gasteiger partial charge in [-0.05, 0) is 44.6 Å². The Kier molecular flexibility index (Phi) is 6.43. The van der Waals surface area contributed by atoms with E-state index in [2.05, 4.69) is 12.2 Å². The number of methoxy groups -OCH3 is 1. The molecule has 1 atom stereocenters. The zero-order chi connectivity index (χ0) is 13.6. The van der Waals surface area contributed by atoms with E-state index in [1.165, 1.54) is 0 Å². The van der Waals surface area contributed by atoms with Crippen molar-refractivity contribution in [3.8, 4) is 0 Å². The number of nitrogens with one attached hydrogen (secondary N) is 1. The van der Waals surface area contributed by atoms with Crippen LogP contribution in [0.2, 0.25) is 0 Å². The molecule has 5 heteroatoms. The van der Waals surface area contributed by atoms with Gasteiger partial charge in [0.25, 0.3) is 0 Å². The molecule has 1 aliphatic rings. The van der Waals surface area contributed by atoms with Gasteiger partial charge in [-0.25, -0.2) is 0 Å². The van der Waals surface area contributed by atoms with Crippen LogP contribution in [0.5, 0.6) is 0 Å².